The summed E-state index contributed by atoms with van der Waals surface area (Å²) in [5.41, 5.74) is 0.713. The van der Waals surface area contributed by atoms with Crippen LogP contribution < -0.4 is 5.32 Å². The SMILES string of the molecule is CC(C)(C)NC(I)C(=O)c1ccccc1. The van der Waals surface area contributed by atoms with Crippen molar-refractivity contribution in [2.45, 2.75) is 30.4 Å². The Morgan fingerprint density at radius 1 is 1.27 bits per heavy atom. The minimum absolute atomic E-state index is 0.0453. The van der Waals surface area contributed by atoms with Gasteiger partial charge in [-0.05, 0) is 20.8 Å². The lowest BCUT2D eigenvalue weighted by atomic mass is 10.1. The zero-order chi connectivity index (χ0) is 11.5. The summed E-state index contributed by atoms with van der Waals surface area (Å²) in [6.07, 6.45) is 0. The predicted octanol–water partition coefficient (Wildman–Crippen LogP) is 3.02. The molecular weight excluding hydrogens is 301 g/mol. The van der Waals surface area contributed by atoms with Gasteiger partial charge >= 0.3 is 0 Å². The fraction of sp³-hybridized carbons (Fsp3) is 0.417. The quantitative estimate of drug-likeness (QED) is 0.402. The molecule has 0 fully saturated rings. The first kappa shape index (κ1) is 12.6. The largest absolute Gasteiger partial charge is 0.294 e. The number of Topliss-reactive ketones (excluding diaryl/α,β-unsaturated/α-hetero) is 1. The molecule has 0 aromatic heterocycles. The highest BCUT2D eigenvalue weighted by Gasteiger charge is 2.21. The van der Waals surface area contributed by atoms with E-state index in [1.807, 2.05) is 30.3 Å². The summed E-state index contributed by atoms with van der Waals surface area (Å²) in [5, 5.41) is 3.25. The Morgan fingerprint density at radius 2 is 1.80 bits per heavy atom. The molecule has 1 aromatic carbocycles. The van der Waals surface area contributed by atoms with E-state index in [1.54, 1.807) is 0 Å². The molecule has 0 heterocycles. The average Bonchev–Trinajstić information content (AvgIpc) is 2.15. The molecule has 1 N–H and O–H groups in total. The topological polar surface area (TPSA) is 29.1 Å². The van der Waals surface area contributed by atoms with Crippen molar-refractivity contribution in [2.24, 2.45) is 0 Å². The van der Waals surface area contributed by atoms with Crippen LogP contribution in [0.5, 0.6) is 0 Å². The van der Waals surface area contributed by atoms with Gasteiger partial charge in [-0.3, -0.25) is 10.1 Å². The summed E-state index contributed by atoms with van der Waals surface area (Å²) < 4.78 is -0.176. The molecule has 3 heteroatoms. The van der Waals surface area contributed by atoms with Crippen molar-refractivity contribution in [1.82, 2.24) is 5.32 Å². The van der Waals surface area contributed by atoms with Gasteiger partial charge < -0.3 is 0 Å². The Morgan fingerprint density at radius 3 is 2.27 bits per heavy atom. The van der Waals surface area contributed by atoms with Gasteiger partial charge in [0.1, 0.15) is 4.05 Å². The van der Waals surface area contributed by atoms with Gasteiger partial charge in [0, 0.05) is 11.1 Å². The molecule has 1 atom stereocenters. The lowest BCUT2D eigenvalue weighted by Crippen LogP contribution is -2.44. The molecule has 0 aliphatic carbocycles. The van der Waals surface area contributed by atoms with Crippen molar-refractivity contribution in [3.8, 4) is 0 Å². The molecule has 0 spiro atoms. The van der Waals surface area contributed by atoms with Gasteiger partial charge in [-0.15, -0.1) is 0 Å². The van der Waals surface area contributed by atoms with Crippen LogP contribution in [0.1, 0.15) is 31.1 Å². The summed E-state index contributed by atoms with van der Waals surface area (Å²) >= 11 is 2.14. The van der Waals surface area contributed by atoms with E-state index in [-0.39, 0.29) is 15.4 Å². The minimum atomic E-state index is -0.176. The third-order valence-corrected chi connectivity index (χ3v) is 2.73. The highest BCUT2D eigenvalue weighted by atomic mass is 127. The highest BCUT2D eigenvalue weighted by molar-refractivity contribution is 14.1. The van der Waals surface area contributed by atoms with Crippen LogP contribution in [-0.2, 0) is 0 Å². The molecule has 2 nitrogen and oxygen atoms in total. The Kier molecular flexibility index (Phi) is 4.28. The number of carbonyl (C=O) groups is 1. The van der Waals surface area contributed by atoms with E-state index >= 15 is 0 Å². The van der Waals surface area contributed by atoms with Gasteiger partial charge in [0.15, 0.2) is 5.78 Å². The first-order valence-corrected chi connectivity index (χ1v) is 6.16. The number of nitrogens with one attached hydrogen (secondary N) is 1. The Labute approximate surface area is 105 Å². The smallest absolute Gasteiger partial charge is 0.189 e. The number of rotatable bonds is 3. The van der Waals surface area contributed by atoms with Gasteiger partial charge in [-0.25, -0.2) is 0 Å². The second kappa shape index (κ2) is 5.07. The molecule has 1 unspecified atom stereocenters. The number of hydrogen-bond acceptors (Lipinski definition) is 2. The molecule has 0 aliphatic rings. The Hall–Kier alpha value is -0.420. The minimum Gasteiger partial charge on any atom is -0.294 e. The zero-order valence-electron chi connectivity index (χ0n) is 9.25. The number of alkyl halides is 1. The van der Waals surface area contributed by atoms with Gasteiger partial charge in [-0.2, -0.15) is 0 Å². The Bertz CT molecular complexity index is 329. The van der Waals surface area contributed by atoms with Crippen LogP contribution in [-0.4, -0.2) is 15.4 Å². The fourth-order valence-corrected chi connectivity index (χ4v) is 2.49. The van der Waals surface area contributed by atoms with Crippen molar-refractivity contribution in [2.75, 3.05) is 0 Å². The highest BCUT2D eigenvalue weighted by Crippen LogP contribution is 2.12. The van der Waals surface area contributed by atoms with Crippen LogP contribution in [0.4, 0.5) is 0 Å². The number of halogens is 1. The van der Waals surface area contributed by atoms with Crippen LogP contribution in [0.2, 0.25) is 0 Å². The van der Waals surface area contributed by atoms with Gasteiger partial charge in [0.25, 0.3) is 0 Å². The summed E-state index contributed by atoms with van der Waals surface area (Å²) in [6.45, 7) is 6.16. The van der Waals surface area contributed by atoms with Crippen molar-refractivity contribution >= 4 is 28.4 Å². The first-order chi connectivity index (χ1) is 6.90. The monoisotopic (exact) mass is 317 g/mol. The van der Waals surface area contributed by atoms with Crippen LogP contribution in [0.25, 0.3) is 0 Å². The number of ketones is 1. The van der Waals surface area contributed by atoms with Crippen molar-refractivity contribution in [3.63, 3.8) is 0 Å². The second-order valence-electron chi connectivity index (χ2n) is 4.49. The van der Waals surface area contributed by atoms with Gasteiger partial charge in [-0.1, -0.05) is 52.9 Å². The van der Waals surface area contributed by atoms with Crippen LogP contribution in [0, 0.1) is 0 Å². The maximum absolute atomic E-state index is 12.0. The lowest BCUT2D eigenvalue weighted by molar-refractivity contribution is 0.0974. The first-order valence-electron chi connectivity index (χ1n) is 4.91. The normalized spacial score (nSPS) is 13.6. The molecule has 0 aliphatic heterocycles. The lowest BCUT2D eigenvalue weighted by Gasteiger charge is -2.24. The number of hydrogen-bond donors (Lipinski definition) is 1. The second-order valence-corrected chi connectivity index (χ2v) is 5.73. The Balaban J connectivity index is 2.70. The fourth-order valence-electron chi connectivity index (χ4n) is 1.19. The molecule has 15 heavy (non-hydrogen) atoms. The summed E-state index contributed by atoms with van der Waals surface area (Å²) in [7, 11) is 0. The van der Waals surface area contributed by atoms with Crippen LogP contribution in [0.15, 0.2) is 30.3 Å². The van der Waals surface area contributed by atoms with Gasteiger partial charge in [0.05, 0.1) is 0 Å². The molecule has 1 aromatic rings. The van der Waals surface area contributed by atoms with Crippen molar-refractivity contribution in [1.29, 1.82) is 0 Å². The van der Waals surface area contributed by atoms with Crippen LogP contribution in [0.3, 0.4) is 0 Å². The van der Waals surface area contributed by atoms with E-state index in [9.17, 15) is 4.79 Å². The van der Waals surface area contributed by atoms with Crippen LogP contribution >= 0.6 is 22.6 Å². The van der Waals surface area contributed by atoms with Gasteiger partial charge in [0.2, 0.25) is 0 Å². The molecule has 82 valence electrons. The number of carbonyl (C=O) groups excluding carboxylic acids is 1. The molecule has 0 bridgehead atoms. The molecule has 0 saturated carbocycles. The molecule has 0 radical (unpaired) electrons. The van der Waals surface area contributed by atoms with E-state index in [2.05, 4.69) is 48.7 Å². The summed E-state index contributed by atoms with van der Waals surface area (Å²) in [4.78, 5) is 12.0. The number of benzene rings is 1. The van der Waals surface area contributed by atoms with E-state index in [4.69, 9.17) is 0 Å². The maximum Gasteiger partial charge on any atom is 0.189 e. The standard InChI is InChI=1S/C12H16INO/c1-12(2,3)14-11(13)10(15)9-7-5-4-6-8-9/h4-8,11,14H,1-3H3. The zero-order valence-corrected chi connectivity index (χ0v) is 11.4. The molecule has 1 rings (SSSR count). The third kappa shape index (κ3) is 4.30. The predicted molar refractivity (Wildman–Crippen MR) is 71.5 cm³/mol. The molecule has 0 amide bonds. The maximum atomic E-state index is 12.0. The van der Waals surface area contributed by atoms with E-state index in [0.29, 0.717) is 0 Å². The van der Waals surface area contributed by atoms with E-state index in [1.165, 1.54) is 0 Å². The molecule has 0 saturated heterocycles. The van der Waals surface area contributed by atoms with Crippen molar-refractivity contribution < 1.29 is 4.79 Å². The summed E-state index contributed by atoms with van der Waals surface area (Å²) in [5.74, 6) is 0.131. The average molecular weight is 317 g/mol. The molecular formula is C12H16INO. The van der Waals surface area contributed by atoms with Crippen molar-refractivity contribution in [3.05, 3.63) is 35.9 Å². The third-order valence-electron chi connectivity index (χ3n) is 1.85. The van der Waals surface area contributed by atoms with E-state index in [0.717, 1.165) is 5.56 Å². The van der Waals surface area contributed by atoms with E-state index < -0.39 is 0 Å². The summed E-state index contributed by atoms with van der Waals surface area (Å²) in [6, 6.07) is 9.37.